The number of rotatable bonds is 3. The molecule has 5 nitrogen and oxygen atoms in total. The van der Waals surface area contributed by atoms with Crippen molar-refractivity contribution >= 4 is 46.0 Å². The topological polar surface area (TPSA) is 67.2 Å². The van der Waals surface area contributed by atoms with Crippen LogP contribution in [0.5, 0.6) is 0 Å². The molecule has 2 N–H and O–H groups in total. The summed E-state index contributed by atoms with van der Waals surface area (Å²) in [6, 6.07) is 8.51. The molecule has 0 bridgehead atoms. The number of thiocarbonyl (C=S) groups is 1. The Labute approximate surface area is 144 Å². The van der Waals surface area contributed by atoms with Gasteiger partial charge in [0.05, 0.1) is 16.2 Å². The maximum Gasteiger partial charge on any atom is 0.418 e. The molecule has 0 aliphatic rings. The zero-order chi connectivity index (χ0) is 17.9. The summed E-state index contributed by atoms with van der Waals surface area (Å²) in [5, 5.41) is 15.5. The summed E-state index contributed by atoms with van der Waals surface area (Å²) in [6.07, 6.45) is -4.60. The van der Waals surface area contributed by atoms with Gasteiger partial charge < -0.3 is 10.6 Å². The van der Waals surface area contributed by atoms with E-state index in [0.29, 0.717) is 5.69 Å². The van der Waals surface area contributed by atoms with Gasteiger partial charge in [-0.2, -0.15) is 13.2 Å². The van der Waals surface area contributed by atoms with E-state index in [-0.39, 0.29) is 21.5 Å². The molecule has 0 heterocycles. The van der Waals surface area contributed by atoms with Crippen LogP contribution in [0.25, 0.3) is 0 Å². The highest BCUT2D eigenvalue weighted by atomic mass is 35.5. The van der Waals surface area contributed by atoms with E-state index < -0.39 is 16.7 Å². The number of benzene rings is 2. The van der Waals surface area contributed by atoms with Crippen LogP contribution in [-0.2, 0) is 6.18 Å². The minimum Gasteiger partial charge on any atom is -0.332 e. The van der Waals surface area contributed by atoms with E-state index in [4.69, 9.17) is 23.8 Å². The van der Waals surface area contributed by atoms with Crippen molar-refractivity contribution in [2.45, 2.75) is 6.18 Å². The average Bonchev–Trinajstić information content (AvgIpc) is 2.48. The lowest BCUT2D eigenvalue weighted by atomic mass is 10.1. The van der Waals surface area contributed by atoms with Gasteiger partial charge in [0.15, 0.2) is 5.11 Å². The van der Waals surface area contributed by atoms with Crippen LogP contribution in [0, 0.1) is 10.1 Å². The summed E-state index contributed by atoms with van der Waals surface area (Å²) in [7, 11) is 0. The third-order valence-electron chi connectivity index (χ3n) is 2.87. The Morgan fingerprint density at radius 1 is 1.12 bits per heavy atom. The monoisotopic (exact) mass is 375 g/mol. The molecule has 24 heavy (non-hydrogen) atoms. The van der Waals surface area contributed by atoms with Gasteiger partial charge in [-0.15, -0.1) is 0 Å². The van der Waals surface area contributed by atoms with Gasteiger partial charge in [0, 0.05) is 22.8 Å². The molecule has 0 amide bonds. The van der Waals surface area contributed by atoms with Gasteiger partial charge in [-0.25, -0.2) is 0 Å². The second-order valence-electron chi connectivity index (χ2n) is 4.57. The summed E-state index contributed by atoms with van der Waals surface area (Å²) in [6.45, 7) is 0. The largest absolute Gasteiger partial charge is 0.418 e. The molecule has 0 aliphatic carbocycles. The van der Waals surface area contributed by atoms with Crippen LogP contribution < -0.4 is 10.6 Å². The lowest BCUT2D eigenvalue weighted by molar-refractivity contribution is -0.384. The summed E-state index contributed by atoms with van der Waals surface area (Å²) >= 11 is 10.6. The normalized spacial score (nSPS) is 11.0. The Bertz CT molecular complexity index is 782. The van der Waals surface area contributed by atoms with E-state index in [1.165, 1.54) is 30.3 Å². The SMILES string of the molecule is O=[N+]([O-])c1ccc(NC(=S)Nc2ccc(Cl)cc2C(F)(F)F)cc1. The smallest absolute Gasteiger partial charge is 0.332 e. The van der Waals surface area contributed by atoms with Crippen LogP contribution in [0.3, 0.4) is 0 Å². The number of nitro benzene ring substituents is 1. The molecular weight excluding hydrogens is 367 g/mol. The first-order valence-corrected chi connectivity index (χ1v) is 7.14. The zero-order valence-electron chi connectivity index (χ0n) is 11.7. The van der Waals surface area contributed by atoms with Gasteiger partial charge in [0.1, 0.15) is 0 Å². The van der Waals surface area contributed by atoms with Crippen LogP contribution in [0.15, 0.2) is 42.5 Å². The number of anilines is 2. The van der Waals surface area contributed by atoms with E-state index in [9.17, 15) is 23.3 Å². The summed E-state index contributed by atoms with van der Waals surface area (Å²) < 4.78 is 39.0. The fourth-order valence-corrected chi connectivity index (χ4v) is 2.21. The lowest BCUT2D eigenvalue weighted by Gasteiger charge is -2.16. The fourth-order valence-electron chi connectivity index (χ4n) is 1.81. The van der Waals surface area contributed by atoms with Gasteiger partial charge >= 0.3 is 6.18 Å². The van der Waals surface area contributed by atoms with Crippen LogP contribution in [0.2, 0.25) is 5.02 Å². The average molecular weight is 376 g/mol. The summed E-state index contributed by atoms with van der Waals surface area (Å²) in [5.74, 6) is 0. The van der Waals surface area contributed by atoms with Crippen LogP contribution in [0.1, 0.15) is 5.56 Å². The van der Waals surface area contributed by atoms with E-state index in [0.717, 1.165) is 12.1 Å². The second-order valence-corrected chi connectivity index (χ2v) is 5.42. The second kappa shape index (κ2) is 7.02. The molecule has 0 fully saturated rings. The third-order valence-corrected chi connectivity index (χ3v) is 3.31. The molecular formula is C14H9ClF3N3O2S. The van der Waals surface area contributed by atoms with Gasteiger partial charge in [-0.3, -0.25) is 10.1 Å². The Kier molecular flexibility index (Phi) is 5.25. The molecule has 2 rings (SSSR count). The quantitative estimate of drug-likeness (QED) is 0.445. The molecule has 0 aromatic heterocycles. The van der Waals surface area contributed by atoms with Crippen LogP contribution in [0.4, 0.5) is 30.2 Å². The van der Waals surface area contributed by atoms with Crippen molar-refractivity contribution in [2.24, 2.45) is 0 Å². The van der Waals surface area contributed by atoms with Crippen LogP contribution in [-0.4, -0.2) is 10.0 Å². The van der Waals surface area contributed by atoms with E-state index in [1.807, 2.05) is 0 Å². The number of alkyl halides is 3. The Balaban J connectivity index is 2.14. The third kappa shape index (κ3) is 4.56. The number of hydrogen-bond donors (Lipinski definition) is 2. The molecule has 126 valence electrons. The standard InChI is InChI=1S/C14H9ClF3N3O2S/c15-8-1-6-12(11(7-8)14(16,17)18)20-13(24)19-9-2-4-10(5-3-9)21(22)23/h1-7H,(H2,19,20,24). The minimum atomic E-state index is -4.60. The van der Waals surface area contributed by atoms with E-state index >= 15 is 0 Å². The Morgan fingerprint density at radius 3 is 2.29 bits per heavy atom. The Morgan fingerprint density at radius 2 is 1.75 bits per heavy atom. The zero-order valence-corrected chi connectivity index (χ0v) is 13.3. The molecule has 2 aromatic carbocycles. The minimum absolute atomic E-state index is 0.0536. The highest BCUT2D eigenvalue weighted by molar-refractivity contribution is 7.80. The number of nitrogens with zero attached hydrogens (tertiary/aromatic N) is 1. The molecule has 2 aromatic rings. The van der Waals surface area contributed by atoms with Crippen molar-refractivity contribution in [3.05, 3.63) is 63.2 Å². The predicted octanol–water partition coefficient (Wildman–Crippen LogP) is 5.08. The molecule has 0 aliphatic heterocycles. The van der Waals surface area contributed by atoms with Gasteiger partial charge in [-0.05, 0) is 42.5 Å². The van der Waals surface area contributed by atoms with Crippen molar-refractivity contribution in [3.63, 3.8) is 0 Å². The molecule has 0 saturated heterocycles. The van der Waals surface area contributed by atoms with Gasteiger partial charge in [0.2, 0.25) is 0 Å². The predicted molar refractivity (Wildman–Crippen MR) is 89.4 cm³/mol. The van der Waals surface area contributed by atoms with Crippen molar-refractivity contribution < 1.29 is 18.1 Å². The molecule has 0 radical (unpaired) electrons. The molecule has 0 spiro atoms. The first-order chi connectivity index (χ1) is 11.2. The molecule has 0 atom stereocenters. The van der Waals surface area contributed by atoms with Crippen LogP contribution >= 0.6 is 23.8 Å². The van der Waals surface area contributed by atoms with Gasteiger partial charge in [0.25, 0.3) is 5.69 Å². The van der Waals surface area contributed by atoms with Crippen molar-refractivity contribution in [1.29, 1.82) is 0 Å². The lowest BCUT2D eigenvalue weighted by Crippen LogP contribution is -2.21. The highest BCUT2D eigenvalue weighted by Gasteiger charge is 2.34. The number of non-ortho nitro benzene ring substituents is 1. The fraction of sp³-hybridized carbons (Fsp3) is 0.0714. The number of nitro groups is 1. The summed E-state index contributed by atoms with van der Waals surface area (Å²) in [4.78, 5) is 10.00. The van der Waals surface area contributed by atoms with Crippen molar-refractivity contribution in [2.75, 3.05) is 10.6 Å². The first kappa shape index (κ1) is 18.0. The number of nitrogens with one attached hydrogen (secondary N) is 2. The molecule has 0 unspecified atom stereocenters. The maximum atomic E-state index is 13.0. The molecule has 0 saturated carbocycles. The number of halogens is 4. The Hall–Kier alpha value is -2.39. The maximum absolute atomic E-state index is 13.0. The summed E-state index contributed by atoms with van der Waals surface area (Å²) in [5.41, 5.74) is -0.939. The first-order valence-electron chi connectivity index (χ1n) is 6.36. The highest BCUT2D eigenvalue weighted by Crippen LogP contribution is 2.36. The number of hydrogen-bond acceptors (Lipinski definition) is 3. The van der Waals surface area contributed by atoms with Crippen molar-refractivity contribution in [3.8, 4) is 0 Å². The molecule has 10 heteroatoms. The van der Waals surface area contributed by atoms with Crippen molar-refractivity contribution in [1.82, 2.24) is 0 Å². The van der Waals surface area contributed by atoms with E-state index in [2.05, 4.69) is 10.6 Å². The van der Waals surface area contributed by atoms with Gasteiger partial charge in [-0.1, -0.05) is 11.6 Å². The van der Waals surface area contributed by atoms with E-state index in [1.54, 1.807) is 0 Å².